The minimum Gasteiger partial charge on any atom is -0.368 e. The number of pyridine rings is 1. The normalized spacial score (nSPS) is 19.0. The van der Waals surface area contributed by atoms with Crippen molar-refractivity contribution >= 4 is 11.3 Å². The monoisotopic (exact) mass is 338 g/mol. The molecule has 1 aliphatic carbocycles. The van der Waals surface area contributed by atoms with Gasteiger partial charge in [0.25, 0.3) is 0 Å². The Hall–Kier alpha value is -2.41. The van der Waals surface area contributed by atoms with Crippen LogP contribution in [0, 0.1) is 6.92 Å². The van der Waals surface area contributed by atoms with Crippen LogP contribution >= 0.6 is 0 Å². The zero-order valence-corrected chi connectivity index (χ0v) is 14.4. The molecule has 0 N–H and O–H groups in total. The van der Waals surface area contributed by atoms with Crippen molar-refractivity contribution in [3.63, 3.8) is 0 Å². The highest BCUT2D eigenvalue weighted by Gasteiger charge is 2.26. The van der Waals surface area contributed by atoms with E-state index in [1.807, 2.05) is 6.92 Å². The molecule has 3 aromatic rings. The molecule has 0 amide bonds. The minimum atomic E-state index is 0.632. The largest absolute Gasteiger partial charge is 0.368 e. The van der Waals surface area contributed by atoms with Crippen LogP contribution in [0.2, 0.25) is 0 Å². The van der Waals surface area contributed by atoms with Crippen LogP contribution in [0.3, 0.4) is 0 Å². The van der Waals surface area contributed by atoms with E-state index in [9.17, 15) is 0 Å². The molecule has 2 aliphatic rings. The van der Waals surface area contributed by atoms with Gasteiger partial charge in [0.15, 0.2) is 5.82 Å². The number of piperazine rings is 1. The van der Waals surface area contributed by atoms with E-state index in [2.05, 4.69) is 48.9 Å². The Kier molecular flexibility index (Phi) is 3.48. The zero-order chi connectivity index (χ0) is 16.8. The lowest BCUT2D eigenvalue weighted by molar-refractivity contribution is 0.240. The van der Waals surface area contributed by atoms with Gasteiger partial charge in [-0.1, -0.05) is 5.16 Å². The molecule has 0 spiro atoms. The molecule has 1 saturated carbocycles. The van der Waals surface area contributed by atoms with Gasteiger partial charge in [0.1, 0.15) is 5.65 Å². The van der Waals surface area contributed by atoms with E-state index in [0.29, 0.717) is 11.8 Å². The standard InChI is InChI=1S/C18H22N6O/c1-13-19-17(21-25-13)12-22-6-8-23(9-7-22)15-4-5-18-20-16(14-2-3-14)11-24(18)10-15/h4-5,10-11,14H,2-3,6-9,12H2,1H3. The van der Waals surface area contributed by atoms with Crippen LogP contribution in [-0.4, -0.2) is 50.6 Å². The molecule has 5 rings (SSSR count). The topological polar surface area (TPSA) is 62.7 Å². The fourth-order valence-corrected chi connectivity index (χ4v) is 3.53. The minimum absolute atomic E-state index is 0.632. The lowest BCUT2D eigenvalue weighted by Gasteiger charge is -2.35. The van der Waals surface area contributed by atoms with E-state index in [4.69, 9.17) is 9.51 Å². The maximum atomic E-state index is 5.05. The molecule has 2 fully saturated rings. The Balaban J connectivity index is 1.26. The van der Waals surface area contributed by atoms with Gasteiger partial charge in [-0.2, -0.15) is 4.98 Å². The molecular formula is C18H22N6O. The molecule has 7 heteroatoms. The highest BCUT2D eigenvalue weighted by Crippen LogP contribution is 2.39. The smallest absolute Gasteiger partial charge is 0.223 e. The second kappa shape index (κ2) is 5.84. The third kappa shape index (κ3) is 3.00. The summed E-state index contributed by atoms with van der Waals surface area (Å²) in [7, 11) is 0. The number of hydrogen-bond donors (Lipinski definition) is 0. The predicted octanol–water partition coefficient (Wildman–Crippen LogP) is 2.23. The Labute approximate surface area is 146 Å². The van der Waals surface area contributed by atoms with E-state index in [0.717, 1.165) is 44.2 Å². The number of anilines is 1. The van der Waals surface area contributed by atoms with Crippen LogP contribution in [0.4, 0.5) is 5.69 Å². The summed E-state index contributed by atoms with van der Waals surface area (Å²) in [6.45, 7) is 6.61. The van der Waals surface area contributed by atoms with Crippen molar-refractivity contribution in [2.45, 2.75) is 32.2 Å². The molecule has 1 saturated heterocycles. The van der Waals surface area contributed by atoms with Gasteiger partial charge in [0, 0.05) is 51.4 Å². The number of fused-ring (bicyclic) bond motifs is 1. The average Bonchev–Trinajstić information content (AvgIpc) is 3.27. The van der Waals surface area contributed by atoms with E-state index in [-0.39, 0.29) is 0 Å². The van der Waals surface area contributed by atoms with Gasteiger partial charge >= 0.3 is 0 Å². The predicted molar refractivity (Wildman–Crippen MR) is 93.7 cm³/mol. The first-order valence-electron chi connectivity index (χ1n) is 9.00. The van der Waals surface area contributed by atoms with Gasteiger partial charge in [-0.25, -0.2) is 4.98 Å². The average molecular weight is 338 g/mol. The van der Waals surface area contributed by atoms with Crippen LogP contribution in [0.1, 0.15) is 36.2 Å². The van der Waals surface area contributed by atoms with Crippen molar-refractivity contribution < 1.29 is 4.52 Å². The molecule has 0 unspecified atom stereocenters. The molecule has 7 nitrogen and oxygen atoms in total. The van der Waals surface area contributed by atoms with Crippen molar-refractivity contribution in [3.8, 4) is 0 Å². The van der Waals surface area contributed by atoms with Gasteiger partial charge in [0.05, 0.1) is 17.9 Å². The highest BCUT2D eigenvalue weighted by molar-refractivity contribution is 5.53. The van der Waals surface area contributed by atoms with Crippen LogP contribution < -0.4 is 4.90 Å². The first kappa shape index (κ1) is 14.9. The molecule has 4 heterocycles. The third-order valence-electron chi connectivity index (χ3n) is 5.12. The van der Waals surface area contributed by atoms with Crippen LogP contribution in [-0.2, 0) is 6.54 Å². The van der Waals surface area contributed by atoms with Gasteiger partial charge in [0.2, 0.25) is 5.89 Å². The van der Waals surface area contributed by atoms with Crippen molar-refractivity contribution in [1.29, 1.82) is 0 Å². The SMILES string of the molecule is Cc1nc(CN2CCN(c3ccc4nc(C5CC5)cn4c3)CC2)no1. The molecule has 3 aromatic heterocycles. The highest BCUT2D eigenvalue weighted by atomic mass is 16.5. The molecular weight excluding hydrogens is 316 g/mol. The molecule has 25 heavy (non-hydrogen) atoms. The summed E-state index contributed by atoms with van der Waals surface area (Å²) >= 11 is 0. The van der Waals surface area contributed by atoms with Crippen molar-refractivity contribution in [2.24, 2.45) is 0 Å². The number of imidazole rings is 1. The summed E-state index contributed by atoms with van der Waals surface area (Å²) in [5.41, 5.74) is 3.57. The van der Waals surface area contributed by atoms with E-state index >= 15 is 0 Å². The summed E-state index contributed by atoms with van der Waals surface area (Å²) in [6, 6.07) is 4.33. The summed E-state index contributed by atoms with van der Waals surface area (Å²) in [4.78, 5) is 13.8. The van der Waals surface area contributed by atoms with Crippen molar-refractivity contribution in [1.82, 2.24) is 24.4 Å². The quantitative estimate of drug-likeness (QED) is 0.727. The van der Waals surface area contributed by atoms with Crippen LogP contribution in [0.5, 0.6) is 0 Å². The number of rotatable bonds is 4. The maximum Gasteiger partial charge on any atom is 0.223 e. The number of aromatic nitrogens is 4. The van der Waals surface area contributed by atoms with Gasteiger partial charge in [-0.05, 0) is 25.0 Å². The Morgan fingerprint density at radius 3 is 2.64 bits per heavy atom. The molecule has 0 bridgehead atoms. The van der Waals surface area contributed by atoms with Gasteiger partial charge in [-0.3, -0.25) is 4.90 Å². The summed E-state index contributed by atoms with van der Waals surface area (Å²) in [5, 5.41) is 3.99. The fraction of sp³-hybridized carbons (Fsp3) is 0.500. The first-order valence-corrected chi connectivity index (χ1v) is 9.00. The summed E-state index contributed by atoms with van der Waals surface area (Å²) < 4.78 is 7.23. The van der Waals surface area contributed by atoms with Crippen LogP contribution in [0.25, 0.3) is 5.65 Å². The summed E-state index contributed by atoms with van der Waals surface area (Å²) in [5.74, 6) is 2.10. The van der Waals surface area contributed by atoms with Crippen molar-refractivity contribution in [3.05, 3.63) is 41.9 Å². The maximum absolute atomic E-state index is 5.05. The second-order valence-electron chi connectivity index (χ2n) is 7.09. The Morgan fingerprint density at radius 1 is 1.08 bits per heavy atom. The lowest BCUT2D eigenvalue weighted by Crippen LogP contribution is -2.46. The molecule has 0 aromatic carbocycles. The second-order valence-corrected chi connectivity index (χ2v) is 7.09. The Bertz CT molecular complexity index is 888. The van der Waals surface area contributed by atoms with Crippen molar-refractivity contribution in [2.75, 3.05) is 31.1 Å². The molecule has 1 aliphatic heterocycles. The third-order valence-corrected chi connectivity index (χ3v) is 5.12. The lowest BCUT2D eigenvalue weighted by atomic mass is 10.2. The molecule has 0 radical (unpaired) electrons. The van der Waals surface area contributed by atoms with Gasteiger partial charge in [-0.15, -0.1) is 0 Å². The van der Waals surface area contributed by atoms with E-state index in [1.165, 1.54) is 24.2 Å². The molecule has 0 atom stereocenters. The van der Waals surface area contributed by atoms with E-state index < -0.39 is 0 Å². The number of aryl methyl sites for hydroxylation is 1. The van der Waals surface area contributed by atoms with E-state index in [1.54, 1.807) is 0 Å². The van der Waals surface area contributed by atoms with Gasteiger partial charge < -0.3 is 13.8 Å². The number of nitrogens with zero attached hydrogens (tertiary/aromatic N) is 6. The number of hydrogen-bond acceptors (Lipinski definition) is 6. The summed E-state index contributed by atoms with van der Waals surface area (Å²) in [6.07, 6.45) is 6.99. The Morgan fingerprint density at radius 2 is 1.92 bits per heavy atom. The van der Waals surface area contributed by atoms with Crippen LogP contribution in [0.15, 0.2) is 29.0 Å². The first-order chi connectivity index (χ1) is 12.2. The fourth-order valence-electron chi connectivity index (χ4n) is 3.53. The molecule has 130 valence electrons. The zero-order valence-electron chi connectivity index (χ0n) is 14.4.